The molecule has 0 unspecified atom stereocenters. The lowest BCUT2D eigenvalue weighted by molar-refractivity contribution is -0.145. The second-order valence-corrected chi connectivity index (χ2v) is 20.6. The van der Waals surface area contributed by atoms with E-state index in [-0.39, 0.29) is 82.5 Å². The minimum atomic E-state index is -3.70. The maximum absolute atomic E-state index is 14.5. The number of amides is 1. The lowest BCUT2D eigenvalue weighted by Gasteiger charge is -2.35. The number of fused-ring (bicyclic) bond motifs is 3. The first-order chi connectivity index (χ1) is 24.4. The fourth-order valence-electron chi connectivity index (χ4n) is 8.62. The van der Waals surface area contributed by atoms with Gasteiger partial charge in [0.25, 0.3) is 10.0 Å². The number of ketones is 4. The fourth-order valence-corrected chi connectivity index (χ4v) is 11.0. The summed E-state index contributed by atoms with van der Waals surface area (Å²) >= 11 is 1.16. The topological polar surface area (TPSA) is 126 Å². The molecule has 0 radical (unpaired) electrons. The third-order valence-corrected chi connectivity index (χ3v) is 15.5. The lowest BCUT2D eigenvalue weighted by atomic mass is 9.76. The number of hydrogen-bond acceptors (Lipinski definition) is 8. The van der Waals surface area contributed by atoms with Crippen molar-refractivity contribution in [1.29, 1.82) is 0 Å². The van der Waals surface area contributed by atoms with Gasteiger partial charge in [-0.15, -0.1) is 17.9 Å². The van der Waals surface area contributed by atoms with Crippen molar-refractivity contribution in [3.8, 4) is 0 Å². The van der Waals surface area contributed by atoms with Crippen LogP contribution in [-0.4, -0.2) is 72.8 Å². The van der Waals surface area contributed by atoms with Gasteiger partial charge in [0.05, 0.1) is 6.04 Å². The summed E-state index contributed by atoms with van der Waals surface area (Å²) in [7, 11) is -2.14. The van der Waals surface area contributed by atoms with Gasteiger partial charge in [-0.2, -0.15) is 4.31 Å². The molecule has 290 valence electrons. The molecule has 1 aromatic heterocycles. The van der Waals surface area contributed by atoms with Gasteiger partial charge in [0.15, 0.2) is 11.6 Å². The van der Waals surface area contributed by atoms with Crippen molar-refractivity contribution in [1.82, 2.24) is 9.21 Å². The Kier molecular flexibility index (Phi) is 14.4. The van der Waals surface area contributed by atoms with E-state index in [1.165, 1.54) is 4.31 Å². The molecule has 3 aliphatic rings. The second-order valence-electron chi connectivity index (χ2n) is 17.3. The van der Waals surface area contributed by atoms with Crippen molar-refractivity contribution in [3.05, 3.63) is 30.2 Å². The molecular weight excluding hydrogens is 697 g/mol. The van der Waals surface area contributed by atoms with E-state index in [1.54, 1.807) is 35.5 Å². The van der Waals surface area contributed by atoms with Gasteiger partial charge >= 0.3 is 0 Å². The summed E-state index contributed by atoms with van der Waals surface area (Å²) in [5.74, 6) is -2.74. The van der Waals surface area contributed by atoms with E-state index < -0.39 is 39.5 Å². The fraction of sp³-hybridized carbons (Fsp3) is 0.732. The van der Waals surface area contributed by atoms with Gasteiger partial charge in [-0.25, -0.2) is 8.42 Å². The van der Waals surface area contributed by atoms with Crippen LogP contribution in [0.5, 0.6) is 0 Å². The summed E-state index contributed by atoms with van der Waals surface area (Å²) in [5, 5.41) is 1.73. The van der Waals surface area contributed by atoms with Crippen molar-refractivity contribution >= 4 is 50.4 Å². The minimum Gasteiger partial charge on any atom is -0.332 e. The Bertz CT molecular complexity index is 1560. The van der Waals surface area contributed by atoms with Crippen molar-refractivity contribution in [3.63, 3.8) is 0 Å². The molecule has 11 heteroatoms. The highest BCUT2D eigenvalue weighted by molar-refractivity contribution is 7.91. The molecule has 3 heterocycles. The van der Waals surface area contributed by atoms with Gasteiger partial charge < -0.3 is 4.90 Å². The highest BCUT2D eigenvalue weighted by Gasteiger charge is 2.69. The van der Waals surface area contributed by atoms with Gasteiger partial charge in [0.1, 0.15) is 9.99 Å². The van der Waals surface area contributed by atoms with Crippen LogP contribution in [0, 0.1) is 40.4 Å². The van der Waals surface area contributed by atoms with Crippen LogP contribution in [0.15, 0.2) is 34.4 Å². The molecule has 9 nitrogen and oxygen atoms in total. The number of sulfonamides is 1. The summed E-state index contributed by atoms with van der Waals surface area (Å²) in [6.07, 6.45) is 9.77. The van der Waals surface area contributed by atoms with Crippen molar-refractivity contribution in [2.45, 2.75) is 135 Å². The van der Waals surface area contributed by atoms with Crippen LogP contribution in [0.2, 0.25) is 0 Å². The van der Waals surface area contributed by atoms with Crippen LogP contribution in [0.4, 0.5) is 0 Å². The van der Waals surface area contributed by atoms with Gasteiger partial charge in [0.2, 0.25) is 11.7 Å². The van der Waals surface area contributed by atoms with Crippen LogP contribution in [-0.2, 0) is 34.0 Å². The van der Waals surface area contributed by atoms with Crippen LogP contribution < -0.4 is 0 Å². The van der Waals surface area contributed by atoms with E-state index in [9.17, 15) is 32.4 Å². The van der Waals surface area contributed by atoms with E-state index >= 15 is 0 Å². The Morgan fingerprint density at radius 1 is 1.06 bits per heavy atom. The monoisotopic (exact) mass is 758 g/mol. The first-order valence-electron chi connectivity index (χ1n) is 19.4. The zero-order valence-electron chi connectivity index (χ0n) is 32.4. The maximum atomic E-state index is 14.5. The van der Waals surface area contributed by atoms with Crippen molar-refractivity contribution in [2.75, 3.05) is 20.1 Å². The molecule has 52 heavy (non-hydrogen) atoms. The zero-order chi connectivity index (χ0) is 38.4. The quantitative estimate of drug-likeness (QED) is 0.149. The number of nitrogens with zero attached hydrogens (tertiary/aromatic N) is 2. The molecule has 2 saturated heterocycles. The molecule has 1 aliphatic carbocycles. The predicted molar refractivity (Wildman–Crippen MR) is 205 cm³/mol. The predicted octanol–water partition coefficient (Wildman–Crippen LogP) is 7.68. The van der Waals surface area contributed by atoms with Gasteiger partial charge in [-0.05, 0) is 59.3 Å². The van der Waals surface area contributed by atoms with Crippen LogP contribution in [0.25, 0.3) is 0 Å². The lowest BCUT2D eigenvalue weighted by Crippen LogP contribution is -2.48. The van der Waals surface area contributed by atoms with Crippen LogP contribution in [0.3, 0.4) is 0 Å². The number of allylic oxidation sites excluding steroid dienone is 1. The normalized spacial score (nSPS) is 26.8. The molecule has 2 aliphatic heterocycles. The molecule has 1 saturated carbocycles. The first kappa shape index (κ1) is 42.2. The molecule has 6 atom stereocenters. The summed E-state index contributed by atoms with van der Waals surface area (Å²) < 4.78 is 28.1. The number of thiophene rings is 1. The number of carbonyl (C=O) groups excluding carboxylic acids is 5. The molecule has 4 rings (SSSR count). The van der Waals surface area contributed by atoms with E-state index in [2.05, 4.69) is 20.4 Å². The molecule has 0 spiro atoms. The van der Waals surface area contributed by atoms with Crippen molar-refractivity contribution in [2.24, 2.45) is 40.4 Å². The highest BCUT2D eigenvalue weighted by atomic mass is 32.2. The third kappa shape index (κ3) is 10.2. The number of rotatable bonds is 13. The van der Waals surface area contributed by atoms with Crippen LogP contribution >= 0.6 is 11.3 Å². The molecule has 1 amide bonds. The maximum Gasteiger partial charge on any atom is 0.252 e. The van der Waals surface area contributed by atoms with Gasteiger partial charge in [0, 0.05) is 57.7 Å². The summed E-state index contributed by atoms with van der Waals surface area (Å²) in [5.41, 5.74) is -0.488. The Balaban J connectivity index is 1.55. The Morgan fingerprint density at radius 3 is 2.29 bits per heavy atom. The summed E-state index contributed by atoms with van der Waals surface area (Å²) in [6, 6.07) is 2.62. The van der Waals surface area contributed by atoms with E-state index in [0.29, 0.717) is 25.8 Å². The largest absolute Gasteiger partial charge is 0.332 e. The van der Waals surface area contributed by atoms with E-state index in [4.69, 9.17) is 0 Å². The number of Topliss-reactive ketones (excluding diaryl/α,β-unsaturated/α-hetero) is 4. The Morgan fingerprint density at radius 2 is 1.69 bits per heavy atom. The van der Waals surface area contributed by atoms with E-state index in [0.717, 1.165) is 56.3 Å². The average Bonchev–Trinajstić information content (AvgIpc) is 3.53. The standard InChI is InChI=1S/C41H62N2O7S2/c1-8-9-20-33(45)38(47)28-18-15-13-11-10-12-14-16-19-29(39(48)43-27-32-36(41(32,5)6)37(43)34(46)24-28)23-31(44)25-30(40(2,3)4)26-42(7)52(49,50)35-21-17-22-51-35/h8,17,21-22,28-30,32,36-37H,1,9-16,18-20,23-27H2,2-7H3/t28-,29-,30-,32+,36+,37-/m1/s1. The average molecular weight is 759 g/mol. The number of hydrogen-bond donors (Lipinski definition) is 0. The molecule has 0 bridgehead atoms. The third-order valence-electron chi connectivity index (χ3n) is 12.3. The summed E-state index contributed by atoms with van der Waals surface area (Å²) in [4.78, 5) is 70.7. The minimum absolute atomic E-state index is 0.0162. The molecule has 0 N–H and O–H groups in total. The molecule has 1 aromatic rings. The number of piperidine rings is 1. The summed E-state index contributed by atoms with van der Waals surface area (Å²) in [6.45, 7) is 14.6. The first-order valence-corrected chi connectivity index (χ1v) is 21.8. The van der Waals surface area contributed by atoms with Gasteiger partial charge in [-0.1, -0.05) is 91.7 Å². The Labute approximate surface area is 316 Å². The number of carbonyl (C=O) groups is 5. The smallest absolute Gasteiger partial charge is 0.252 e. The van der Waals surface area contributed by atoms with Crippen LogP contribution in [0.1, 0.15) is 125 Å². The van der Waals surface area contributed by atoms with E-state index in [1.807, 2.05) is 20.8 Å². The second kappa shape index (κ2) is 17.8. The molecule has 0 aromatic carbocycles. The zero-order valence-corrected chi connectivity index (χ0v) is 34.0. The SMILES string of the molecule is C=CCCC(=O)C(=O)[C@@H]1CCCCCCCCC[C@H](CC(=O)C[C@H](CN(C)S(=O)(=O)c2cccs2)C(C)(C)C)C(=O)N2C[C@H]3[C@@H]([C@H]2C(=O)C1)C3(C)C. The Hall–Kier alpha value is -2.50. The molecular formula is C41H62N2O7S2. The molecule has 3 fully saturated rings. The van der Waals surface area contributed by atoms with Crippen molar-refractivity contribution < 1.29 is 32.4 Å². The highest BCUT2D eigenvalue weighted by Crippen LogP contribution is 2.65. The van der Waals surface area contributed by atoms with Gasteiger partial charge in [-0.3, -0.25) is 24.0 Å².